The molecular formula is C39H42F3N3O4S. The molecule has 0 radical (unpaired) electrons. The molecule has 7 nitrogen and oxygen atoms in total. The number of aryl methyl sites for hydroxylation is 1. The van der Waals surface area contributed by atoms with Crippen molar-refractivity contribution in [2.45, 2.75) is 61.8 Å². The van der Waals surface area contributed by atoms with E-state index in [0.717, 1.165) is 22.6 Å². The van der Waals surface area contributed by atoms with Crippen molar-refractivity contribution in [3.05, 3.63) is 119 Å². The number of nitrogens with one attached hydrogen (secondary N) is 1. The number of anilines is 1. The lowest BCUT2D eigenvalue weighted by Crippen LogP contribution is -2.49. The molecule has 2 N–H and O–H groups in total. The molecule has 0 aliphatic carbocycles. The predicted octanol–water partition coefficient (Wildman–Crippen LogP) is 7.70. The highest BCUT2D eigenvalue weighted by Gasteiger charge is 2.35. The van der Waals surface area contributed by atoms with E-state index in [2.05, 4.69) is 53.5 Å². The van der Waals surface area contributed by atoms with E-state index in [-0.39, 0.29) is 41.9 Å². The Morgan fingerprint density at radius 2 is 1.70 bits per heavy atom. The van der Waals surface area contributed by atoms with Crippen molar-refractivity contribution >= 4 is 29.3 Å². The normalized spacial score (nSPS) is 17.1. The van der Waals surface area contributed by atoms with E-state index in [9.17, 15) is 27.9 Å². The third-order valence-corrected chi connectivity index (χ3v) is 9.99. The summed E-state index contributed by atoms with van der Waals surface area (Å²) in [5.74, 6) is -0.728. The number of fused-ring (bicyclic) bond motifs is 1. The molecule has 1 aliphatic rings. The highest BCUT2D eigenvalue weighted by Crippen LogP contribution is 2.36. The number of para-hydroxylation sites is 1. The summed E-state index contributed by atoms with van der Waals surface area (Å²) in [4.78, 5) is 33.1. The van der Waals surface area contributed by atoms with Crippen molar-refractivity contribution in [2.75, 3.05) is 32.1 Å². The number of carbonyl (C=O) groups is 2. The van der Waals surface area contributed by atoms with Gasteiger partial charge in [0.15, 0.2) is 5.75 Å². The van der Waals surface area contributed by atoms with Gasteiger partial charge in [-0.15, -0.1) is 0 Å². The smallest absolute Gasteiger partial charge is 0.416 e. The van der Waals surface area contributed by atoms with Gasteiger partial charge in [-0.1, -0.05) is 67.2 Å². The van der Waals surface area contributed by atoms with E-state index in [1.54, 1.807) is 41.8 Å². The number of aliphatic hydroxyl groups excluding tert-OH is 1. The van der Waals surface area contributed by atoms with Gasteiger partial charge >= 0.3 is 6.18 Å². The van der Waals surface area contributed by atoms with Crippen molar-refractivity contribution in [2.24, 2.45) is 5.92 Å². The molecule has 264 valence electrons. The molecule has 4 aromatic carbocycles. The number of likely N-dealkylation sites (N-methyl/N-ethyl adjacent to an activating group) is 1. The van der Waals surface area contributed by atoms with E-state index in [4.69, 9.17) is 4.74 Å². The first-order chi connectivity index (χ1) is 23.8. The van der Waals surface area contributed by atoms with Crippen LogP contribution >= 0.6 is 11.8 Å². The van der Waals surface area contributed by atoms with Crippen molar-refractivity contribution in [3.63, 3.8) is 0 Å². The summed E-state index contributed by atoms with van der Waals surface area (Å²) in [7, 11) is 2.00. The first kappa shape index (κ1) is 36.9. The number of aliphatic hydroxyl groups is 1. The van der Waals surface area contributed by atoms with Crippen molar-refractivity contribution in [1.82, 2.24) is 9.80 Å². The number of halogens is 3. The first-order valence-electron chi connectivity index (χ1n) is 16.5. The summed E-state index contributed by atoms with van der Waals surface area (Å²) < 4.78 is 45.7. The number of carbonyl (C=O) groups excluding carboxylic acids is 2. The monoisotopic (exact) mass is 705 g/mol. The van der Waals surface area contributed by atoms with E-state index in [1.165, 1.54) is 22.6 Å². The fraction of sp³-hybridized carbons (Fsp3) is 0.333. The zero-order valence-corrected chi connectivity index (χ0v) is 29.4. The minimum atomic E-state index is -4.47. The van der Waals surface area contributed by atoms with Crippen LogP contribution in [0.4, 0.5) is 18.9 Å². The Balaban J connectivity index is 1.34. The van der Waals surface area contributed by atoms with Crippen LogP contribution in [0.3, 0.4) is 0 Å². The van der Waals surface area contributed by atoms with Crippen molar-refractivity contribution in [1.29, 1.82) is 0 Å². The molecule has 0 unspecified atom stereocenters. The summed E-state index contributed by atoms with van der Waals surface area (Å²) >= 11 is 1.73. The molecule has 11 heteroatoms. The SMILES string of the molecule is Cc1ccccc1Sc1ccc(CN(C)C[C@H]2Oc3c(NC(=O)Cc4ccc(C(F)(F)F)cc4)cccc3C(=O)N([C@@H](C)CO)C[C@H]2C)cc1. The molecule has 3 atom stereocenters. The number of benzene rings is 4. The highest BCUT2D eigenvalue weighted by molar-refractivity contribution is 7.99. The third-order valence-electron chi connectivity index (χ3n) is 8.80. The third kappa shape index (κ3) is 9.26. The molecule has 0 saturated carbocycles. The molecule has 0 spiro atoms. The molecule has 0 aromatic heterocycles. The number of hydrogen-bond donors (Lipinski definition) is 2. The van der Waals surface area contributed by atoms with Crippen LogP contribution in [0.15, 0.2) is 101 Å². The van der Waals surface area contributed by atoms with Crippen molar-refractivity contribution < 1.29 is 32.6 Å². The van der Waals surface area contributed by atoms with Gasteiger partial charge in [0.05, 0.1) is 35.9 Å². The molecule has 50 heavy (non-hydrogen) atoms. The minimum Gasteiger partial charge on any atom is -0.486 e. The second kappa shape index (κ2) is 16.1. The summed E-state index contributed by atoms with van der Waals surface area (Å²) in [6.07, 6.45) is -5.04. The fourth-order valence-electron chi connectivity index (χ4n) is 5.90. The molecule has 0 fully saturated rings. The lowest BCUT2D eigenvalue weighted by molar-refractivity contribution is -0.137. The first-order valence-corrected chi connectivity index (χ1v) is 17.3. The second-order valence-electron chi connectivity index (χ2n) is 12.9. The highest BCUT2D eigenvalue weighted by atomic mass is 32.2. The lowest BCUT2D eigenvalue weighted by atomic mass is 9.98. The van der Waals surface area contributed by atoms with Crippen LogP contribution < -0.4 is 10.1 Å². The van der Waals surface area contributed by atoms with Gasteiger partial charge in [0.1, 0.15) is 6.10 Å². The van der Waals surface area contributed by atoms with Crippen LogP contribution in [-0.4, -0.2) is 65.6 Å². The maximum absolute atomic E-state index is 13.8. The Morgan fingerprint density at radius 1 is 1.02 bits per heavy atom. The van der Waals surface area contributed by atoms with Crippen LogP contribution in [0, 0.1) is 12.8 Å². The van der Waals surface area contributed by atoms with E-state index in [1.807, 2.05) is 26.1 Å². The van der Waals surface area contributed by atoms with Crippen LogP contribution in [-0.2, 0) is 23.9 Å². The molecule has 5 rings (SSSR count). The summed E-state index contributed by atoms with van der Waals surface area (Å²) in [6, 6.07) is 25.6. The number of nitrogens with zero attached hydrogens (tertiary/aromatic N) is 2. The Kier molecular flexibility index (Phi) is 11.9. The Bertz CT molecular complexity index is 1780. The molecule has 4 aromatic rings. The number of hydrogen-bond acceptors (Lipinski definition) is 6. The van der Waals surface area contributed by atoms with Crippen molar-refractivity contribution in [3.8, 4) is 5.75 Å². The molecular weight excluding hydrogens is 664 g/mol. The standard InChI is InChI=1S/C39H42F3N3O4S/c1-25-8-5-6-11-35(25)50-31-18-14-29(15-19-31)22-44(4)23-34-26(2)21-45(27(3)24-46)38(48)32-9-7-10-33(37(32)49-34)43-36(47)20-28-12-16-30(17-13-28)39(40,41)42/h5-19,26-27,34,46H,20-24H2,1-4H3,(H,43,47)/t26-,27+,34-/m1/s1. The molecule has 1 aliphatic heterocycles. The van der Waals surface area contributed by atoms with Crippen LogP contribution in [0.5, 0.6) is 5.75 Å². The van der Waals surface area contributed by atoms with Gasteiger partial charge in [0, 0.05) is 35.3 Å². The minimum absolute atomic E-state index is 0.146. The van der Waals surface area contributed by atoms with Crippen LogP contribution in [0.2, 0.25) is 0 Å². The average Bonchev–Trinajstić information content (AvgIpc) is 3.08. The molecule has 1 heterocycles. The van der Waals surface area contributed by atoms with E-state index < -0.39 is 29.8 Å². The Labute approximate surface area is 295 Å². The summed E-state index contributed by atoms with van der Waals surface area (Å²) in [5, 5.41) is 12.8. The molecule has 0 bridgehead atoms. The largest absolute Gasteiger partial charge is 0.486 e. The van der Waals surface area contributed by atoms with Crippen LogP contribution in [0.1, 0.15) is 46.5 Å². The zero-order chi connectivity index (χ0) is 36.0. The number of alkyl halides is 3. The van der Waals surface area contributed by atoms with Gasteiger partial charge < -0.3 is 20.1 Å². The maximum Gasteiger partial charge on any atom is 0.416 e. The van der Waals surface area contributed by atoms with Gasteiger partial charge in [0.25, 0.3) is 5.91 Å². The van der Waals surface area contributed by atoms with Gasteiger partial charge in [0.2, 0.25) is 5.91 Å². The summed E-state index contributed by atoms with van der Waals surface area (Å²) in [6.45, 7) is 7.17. The molecule has 0 saturated heterocycles. The molecule has 2 amide bonds. The summed E-state index contributed by atoms with van der Waals surface area (Å²) in [5.41, 5.74) is 2.50. The maximum atomic E-state index is 13.8. The zero-order valence-electron chi connectivity index (χ0n) is 28.5. The topological polar surface area (TPSA) is 82.1 Å². The van der Waals surface area contributed by atoms with Crippen LogP contribution in [0.25, 0.3) is 0 Å². The van der Waals surface area contributed by atoms with Gasteiger partial charge in [-0.2, -0.15) is 13.2 Å². The second-order valence-corrected chi connectivity index (χ2v) is 14.0. The number of ether oxygens (including phenoxy) is 1. The van der Waals surface area contributed by atoms with Gasteiger partial charge in [-0.3, -0.25) is 14.5 Å². The van der Waals surface area contributed by atoms with E-state index >= 15 is 0 Å². The quantitative estimate of drug-likeness (QED) is 0.167. The Hall–Kier alpha value is -4.32. The van der Waals surface area contributed by atoms with Gasteiger partial charge in [-0.05, 0) is 80.1 Å². The fourth-order valence-corrected chi connectivity index (χ4v) is 6.80. The van der Waals surface area contributed by atoms with Gasteiger partial charge in [-0.25, -0.2) is 0 Å². The Morgan fingerprint density at radius 3 is 2.36 bits per heavy atom. The van der Waals surface area contributed by atoms with E-state index in [0.29, 0.717) is 25.2 Å². The predicted molar refractivity (Wildman–Crippen MR) is 189 cm³/mol. The lowest BCUT2D eigenvalue weighted by Gasteiger charge is -2.38. The average molecular weight is 706 g/mol. The number of rotatable bonds is 11. The number of amides is 2.